The molecule has 0 spiro atoms. The lowest BCUT2D eigenvalue weighted by Gasteiger charge is -2.07. The summed E-state index contributed by atoms with van der Waals surface area (Å²) in [5.74, 6) is -1.55. The van der Waals surface area contributed by atoms with Gasteiger partial charge in [0.2, 0.25) is 0 Å². The predicted octanol–water partition coefficient (Wildman–Crippen LogP) is 0.941. The number of carbonyl (C=O) groups is 2. The van der Waals surface area contributed by atoms with E-state index in [1.165, 1.54) is 5.48 Å². The van der Waals surface area contributed by atoms with E-state index >= 15 is 0 Å². The van der Waals surface area contributed by atoms with E-state index < -0.39 is 30.1 Å². The third kappa shape index (κ3) is 3.74. The first-order chi connectivity index (χ1) is 8.34. The van der Waals surface area contributed by atoms with Gasteiger partial charge >= 0.3 is 6.18 Å². The van der Waals surface area contributed by atoms with Crippen molar-refractivity contribution < 1.29 is 28.0 Å². The predicted molar refractivity (Wildman–Crippen MR) is 53.7 cm³/mol. The summed E-state index contributed by atoms with van der Waals surface area (Å²) in [5.41, 5.74) is 0.410. The number of alkyl halides is 3. The zero-order valence-electron chi connectivity index (χ0n) is 8.91. The summed E-state index contributed by atoms with van der Waals surface area (Å²) in [6, 6.07) is 3.52. The van der Waals surface area contributed by atoms with Crippen molar-refractivity contribution in [1.29, 1.82) is 0 Å². The molecule has 0 aliphatic rings. The van der Waals surface area contributed by atoms with Crippen molar-refractivity contribution in [3.63, 3.8) is 0 Å². The SMILES string of the molecule is O=C(CNC(=O)c1ccc(C(F)(F)F)cc1)NO. The maximum atomic E-state index is 12.2. The molecule has 5 nitrogen and oxygen atoms in total. The Balaban J connectivity index is 2.68. The van der Waals surface area contributed by atoms with Crippen LogP contribution in [0.5, 0.6) is 0 Å². The van der Waals surface area contributed by atoms with Crippen molar-refractivity contribution in [2.75, 3.05) is 6.54 Å². The highest BCUT2D eigenvalue weighted by Gasteiger charge is 2.30. The number of rotatable bonds is 3. The van der Waals surface area contributed by atoms with Gasteiger partial charge in [-0.2, -0.15) is 13.2 Å². The van der Waals surface area contributed by atoms with Crippen LogP contribution in [-0.2, 0) is 11.0 Å². The van der Waals surface area contributed by atoms with Gasteiger partial charge in [-0.1, -0.05) is 0 Å². The van der Waals surface area contributed by atoms with Crippen LogP contribution in [0.1, 0.15) is 15.9 Å². The molecule has 98 valence electrons. The Morgan fingerprint density at radius 2 is 1.72 bits per heavy atom. The van der Waals surface area contributed by atoms with Gasteiger partial charge in [-0.05, 0) is 24.3 Å². The fourth-order valence-corrected chi connectivity index (χ4v) is 1.11. The molecule has 0 aromatic heterocycles. The molecule has 1 rings (SSSR count). The topological polar surface area (TPSA) is 78.4 Å². The van der Waals surface area contributed by atoms with E-state index in [0.29, 0.717) is 0 Å². The average molecular weight is 262 g/mol. The number of hydroxylamine groups is 1. The minimum Gasteiger partial charge on any atom is -0.343 e. The van der Waals surface area contributed by atoms with Crippen molar-refractivity contribution in [1.82, 2.24) is 10.8 Å². The lowest BCUT2D eigenvalue weighted by molar-refractivity contribution is -0.137. The molecule has 0 unspecified atom stereocenters. The summed E-state index contributed by atoms with van der Waals surface area (Å²) in [5, 5.41) is 10.3. The minimum absolute atomic E-state index is 0.0197. The van der Waals surface area contributed by atoms with E-state index in [4.69, 9.17) is 5.21 Å². The highest BCUT2D eigenvalue weighted by molar-refractivity contribution is 5.96. The van der Waals surface area contributed by atoms with Gasteiger partial charge in [0.25, 0.3) is 11.8 Å². The number of nitrogens with one attached hydrogen (secondary N) is 2. The van der Waals surface area contributed by atoms with E-state index in [9.17, 15) is 22.8 Å². The quantitative estimate of drug-likeness (QED) is 0.560. The van der Waals surface area contributed by atoms with E-state index in [0.717, 1.165) is 24.3 Å². The van der Waals surface area contributed by atoms with Crippen molar-refractivity contribution in [3.05, 3.63) is 35.4 Å². The summed E-state index contributed by atoms with van der Waals surface area (Å²) in [6.07, 6.45) is -4.47. The lowest BCUT2D eigenvalue weighted by Crippen LogP contribution is -2.35. The van der Waals surface area contributed by atoms with E-state index in [1.807, 2.05) is 0 Å². The van der Waals surface area contributed by atoms with Gasteiger partial charge in [-0.15, -0.1) is 0 Å². The molecule has 0 heterocycles. The Labute approximate surface area is 99.6 Å². The van der Waals surface area contributed by atoms with Crippen LogP contribution in [-0.4, -0.2) is 23.6 Å². The van der Waals surface area contributed by atoms with Gasteiger partial charge in [0.15, 0.2) is 0 Å². The summed E-state index contributed by atoms with van der Waals surface area (Å²) >= 11 is 0. The molecule has 0 radical (unpaired) electrons. The van der Waals surface area contributed by atoms with Crippen LogP contribution in [0.3, 0.4) is 0 Å². The molecule has 8 heteroatoms. The van der Waals surface area contributed by atoms with Crippen molar-refractivity contribution in [3.8, 4) is 0 Å². The molecule has 0 aliphatic carbocycles. The second kappa shape index (κ2) is 5.50. The van der Waals surface area contributed by atoms with Crippen LogP contribution in [0.15, 0.2) is 24.3 Å². The number of carbonyl (C=O) groups excluding carboxylic acids is 2. The van der Waals surface area contributed by atoms with Crippen LogP contribution >= 0.6 is 0 Å². The monoisotopic (exact) mass is 262 g/mol. The Hall–Kier alpha value is -2.09. The summed E-state index contributed by atoms with van der Waals surface area (Å²) < 4.78 is 36.7. The fourth-order valence-electron chi connectivity index (χ4n) is 1.11. The molecule has 2 amide bonds. The van der Waals surface area contributed by atoms with E-state index in [1.54, 1.807) is 0 Å². The average Bonchev–Trinajstić information content (AvgIpc) is 2.34. The molecule has 0 atom stereocenters. The normalized spacial score (nSPS) is 10.9. The second-order valence-electron chi connectivity index (χ2n) is 3.29. The van der Waals surface area contributed by atoms with Crippen LogP contribution in [0.2, 0.25) is 0 Å². The van der Waals surface area contributed by atoms with Gasteiger partial charge in [-0.3, -0.25) is 14.8 Å². The van der Waals surface area contributed by atoms with Crippen LogP contribution in [0.4, 0.5) is 13.2 Å². The number of halogens is 3. The van der Waals surface area contributed by atoms with Crippen molar-refractivity contribution in [2.45, 2.75) is 6.18 Å². The Kier molecular flexibility index (Phi) is 4.27. The molecular formula is C10H9F3N2O3. The van der Waals surface area contributed by atoms with Crippen molar-refractivity contribution >= 4 is 11.8 Å². The van der Waals surface area contributed by atoms with Crippen LogP contribution < -0.4 is 10.8 Å². The minimum atomic E-state index is -4.47. The summed E-state index contributed by atoms with van der Waals surface area (Å²) in [6.45, 7) is -0.476. The number of amides is 2. The highest BCUT2D eigenvalue weighted by atomic mass is 19.4. The fraction of sp³-hybridized carbons (Fsp3) is 0.200. The molecule has 1 aromatic rings. The molecule has 18 heavy (non-hydrogen) atoms. The molecule has 0 fully saturated rings. The van der Waals surface area contributed by atoms with Crippen molar-refractivity contribution in [2.24, 2.45) is 0 Å². The highest BCUT2D eigenvalue weighted by Crippen LogP contribution is 2.28. The summed E-state index contributed by atoms with van der Waals surface area (Å²) in [7, 11) is 0. The third-order valence-electron chi connectivity index (χ3n) is 2.01. The number of benzene rings is 1. The first-order valence-corrected chi connectivity index (χ1v) is 4.73. The molecular weight excluding hydrogens is 253 g/mol. The summed E-state index contributed by atoms with van der Waals surface area (Å²) in [4.78, 5) is 22.0. The first-order valence-electron chi connectivity index (χ1n) is 4.73. The largest absolute Gasteiger partial charge is 0.416 e. The van der Waals surface area contributed by atoms with Gasteiger partial charge < -0.3 is 5.32 Å². The van der Waals surface area contributed by atoms with Gasteiger partial charge in [-0.25, -0.2) is 5.48 Å². The zero-order chi connectivity index (χ0) is 13.8. The first kappa shape index (κ1) is 14.0. The molecule has 0 saturated carbocycles. The Morgan fingerprint density at radius 1 is 1.17 bits per heavy atom. The molecule has 1 aromatic carbocycles. The van der Waals surface area contributed by atoms with Gasteiger partial charge in [0.1, 0.15) is 0 Å². The standard InChI is InChI=1S/C10H9F3N2O3/c11-10(12,13)7-3-1-6(2-4-7)9(17)14-5-8(16)15-18/h1-4,18H,5H2,(H,14,17)(H,15,16). The van der Waals surface area contributed by atoms with E-state index in [-0.39, 0.29) is 5.56 Å². The van der Waals surface area contributed by atoms with Crippen LogP contribution in [0, 0.1) is 0 Å². The molecule has 3 N–H and O–H groups in total. The lowest BCUT2D eigenvalue weighted by atomic mass is 10.1. The Bertz CT molecular complexity index is 443. The third-order valence-corrected chi connectivity index (χ3v) is 2.01. The second-order valence-corrected chi connectivity index (χ2v) is 3.29. The van der Waals surface area contributed by atoms with Gasteiger partial charge in [0.05, 0.1) is 12.1 Å². The molecule has 0 saturated heterocycles. The number of hydrogen-bond acceptors (Lipinski definition) is 3. The van der Waals surface area contributed by atoms with Gasteiger partial charge in [0, 0.05) is 5.56 Å². The maximum Gasteiger partial charge on any atom is 0.416 e. The zero-order valence-corrected chi connectivity index (χ0v) is 8.91. The Morgan fingerprint density at radius 3 is 2.17 bits per heavy atom. The van der Waals surface area contributed by atoms with E-state index in [2.05, 4.69) is 5.32 Å². The number of hydrogen-bond donors (Lipinski definition) is 3. The van der Waals surface area contributed by atoms with Crippen LogP contribution in [0.25, 0.3) is 0 Å². The molecule has 0 bridgehead atoms. The maximum absolute atomic E-state index is 12.2. The smallest absolute Gasteiger partial charge is 0.343 e. The molecule has 0 aliphatic heterocycles.